The van der Waals surface area contributed by atoms with Gasteiger partial charge in [0.15, 0.2) is 0 Å². The van der Waals surface area contributed by atoms with Crippen LogP contribution in [0.25, 0.3) is 0 Å². The molecular weight excluding hydrogens is 239 g/mol. The summed E-state index contributed by atoms with van der Waals surface area (Å²) in [4.78, 5) is 21.5. The van der Waals surface area contributed by atoms with Crippen molar-refractivity contribution in [2.75, 3.05) is 0 Å². The Morgan fingerprint density at radius 2 is 1.93 bits per heavy atom. The van der Waals surface area contributed by atoms with Crippen molar-refractivity contribution in [2.24, 2.45) is 0 Å². The maximum atomic E-state index is 11.2. The van der Waals surface area contributed by atoms with Crippen LogP contribution in [0.5, 0.6) is 0 Å². The van der Waals surface area contributed by atoms with Gasteiger partial charge in [0.2, 0.25) is 0 Å². The van der Waals surface area contributed by atoms with E-state index < -0.39 is 12.4 Å². The van der Waals surface area contributed by atoms with Crippen molar-refractivity contribution in [1.82, 2.24) is 0 Å². The number of ketones is 1. The van der Waals surface area contributed by atoms with E-state index in [1.807, 2.05) is 0 Å². The quantitative estimate of drug-likeness (QED) is 0.832. The van der Waals surface area contributed by atoms with Crippen molar-refractivity contribution in [2.45, 2.75) is 12.8 Å². The second-order valence-corrected chi connectivity index (χ2v) is 3.87. The summed E-state index contributed by atoms with van der Waals surface area (Å²) >= 11 is 11.5. The summed E-state index contributed by atoms with van der Waals surface area (Å²) in [5, 5.41) is 9.26. The zero-order valence-corrected chi connectivity index (χ0v) is 9.18. The molecule has 0 heterocycles. The number of aliphatic carboxylic acids is 1. The van der Waals surface area contributed by atoms with Gasteiger partial charge >= 0.3 is 5.97 Å². The first kappa shape index (κ1) is 12.0. The molecule has 0 spiro atoms. The third-order valence-electron chi connectivity index (χ3n) is 1.75. The monoisotopic (exact) mass is 246 g/mol. The molecule has 0 saturated carbocycles. The molecule has 5 heteroatoms. The molecular formula is C10H8Cl2O3. The summed E-state index contributed by atoms with van der Waals surface area (Å²) in [6.07, 6.45) is -0.471. The molecule has 1 N–H and O–H groups in total. The number of carboxylic acid groups (broad SMARTS) is 1. The van der Waals surface area contributed by atoms with Crippen molar-refractivity contribution in [3.8, 4) is 0 Å². The van der Waals surface area contributed by atoms with Gasteiger partial charge < -0.3 is 5.11 Å². The van der Waals surface area contributed by atoms with Crippen molar-refractivity contribution in [3.05, 3.63) is 33.8 Å². The predicted molar refractivity (Wildman–Crippen MR) is 57.4 cm³/mol. The van der Waals surface area contributed by atoms with E-state index in [1.54, 1.807) is 12.1 Å². The molecule has 0 bridgehead atoms. The zero-order chi connectivity index (χ0) is 11.4. The zero-order valence-electron chi connectivity index (χ0n) is 7.67. The minimum absolute atomic E-state index is 0.0162. The number of Topliss-reactive ketones (excluding diaryl/α,β-unsaturated/α-hetero) is 1. The van der Waals surface area contributed by atoms with E-state index in [9.17, 15) is 9.59 Å². The molecule has 0 radical (unpaired) electrons. The Balaban J connectivity index is 2.72. The van der Waals surface area contributed by atoms with Crippen LogP contribution in [-0.4, -0.2) is 16.9 Å². The van der Waals surface area contributed by atoms with Crippen LogP contribution in [0.4, 0.5) is 0 Å². The average Bonchev–Trinajstić information content (AvgIpc) is 2.08. The first-order valence-electron chi connectivity index (χ1n) is 4.16. The van der Waals surface area contributed by atoms with E-state index in [2.05, 4.69) is 0 Å². The Morgan fingerprint density at radius 3 is 2.47 bits per heavy atom. The Kier molecular flexibility index (Phi) is 4.12. The summed E-state index contributed by atoms with van der Waals surface area (Å²) in [6.45, 7) is 0. The van der Waals surface area contributed by atoms with E-state index in [0.717, 1.165) is 0 Å². The minimum Gasteiger partial charge on any atom is -0.481 e. The lowest BCUT2D eigenvalue weighted by molar-refractivity contribution is -0.140. The second kappa shape index (κ2) is 5.14. The van der Waals surface area contributed by atoms with Gasteiger partial charge in [-0.1, -0.05) is 29.3 Å². The molecule has 0 fully saturated rings. The lowest BCUT2D eigenvalue weighted by Crippen LogP contribution is -2.09. The van der Waals surface area contributed by atoms with Crippen LogP contribution in [0.15, 0.2) is 18.2 Å². The van der Waals surface area contributed by atoms with Crippen LogP contribution in [0, 0.1) is 0 Å². The van der Waals surface area contributed by atoms with Crippen LogP contribution in [-0.2, 0) is 16.0 Å². The molecule has 1 aromatic rings. The Morgan fingerprint density at radius 1 is 1.27 bits per heavy atom. The van der Waals surface area contributed by atoms with Crippen LogP contribution < -0.4 is 0 Å². The summed E-state index contributed by atoms with van der Waals surface area (Å²) in [6, 6.07) is 4.74. The fourth-order valence-electron chi connectivity index (χ4n) is 1.11. The van der Waals surface area contributed by atoms with Crippen LogP contribution in [0.2, 0.25) is 10.0 Å². The van der Waals surface area contributed by atoms with Gasteiger partial charge in [0.05, 0.1) is 0 Å². The predicted octanol–water partition coefficient (Wildman–Crippen LogP) is 2.58. The maximum absolute atomic E-state index is 11.2. The van der Waals surface area contributed by atoms with Crippen LogP contribution in [0.3, 0.4) is 0 Å². The maximum Gasteiger partial charge on any atom is 0.310 e. The highest BCUT2D eigenvalue weighted by molar-refractivity contribution is 6.35. The fourth-order valence-corrected chi connectivity index (χ4v) is 1.58. The van der Waals surface area contributed by atoms with E-state index in [1.165, 1.54) is 6.07 Å². The molecule has 0 saturated heterocycles. The van der Waals surface area contributed by atoms with E-state index in [0.29, 0.717) is 15.6 Å². The minimum atomic E-state index is -1.13. The topological polar surface area (TPSA) is 54.4 Å². The van der Waals surface area contributed by atoms with E-state index in [-0.39, 0.29) is 12.2 Å². The summed E-state index contributed by atoms with van der Waals surface area (Å²) in [7, 11) is 0. The van der Waals surface area contributed by atoms with Crippen molar-refractivity contribution < 1.29 is 14.7 Å². The van der Waals surface area contributed by atoms with Crippen molar-refractivity contribution in [3.63, 3.8) is 0 Å². The molecule has 0 atom stereocenters. The molecule has 80 valence electrons. The standard InChI is InChI=1S/C10H8Cl2O3/c11-7-2-1-6(9(12)4-7)3-8(13)5-10(14)15/h1-2,4H,3,5H2,(H,14,15). The molecule has 0 aromatic heterocycles. The van der Waals surface area contributed by atoms with Crippen LogP contribution >= 0.6 is 23.2 Å². The first-order valence-corrected chi connectivity index (χ1v) is 4.92. The fraction of sp³-hybridized carbons (Fsp3) is 0.200. The van der Waals surface area contributed by atoms with Gasteiger partial charge in [-0.25, -0.2) is 0 Å². The van der Waals surface area contributed by atoms with Gasteiger partial charge in [-0.05, 0) is 17.7 Å². The van der Waals surface area contributed by atoms with Gasteiger partial charge in [0.1, 0.15) is 12.2 Å². The summed E-state index contributed by atoms with van der Waals surface area (Å²) in [5.74, 6) is -1.52. The van der Waals surface area contributed by atoms with Gasteiger partial charge in [-0.3, -0.25) is 9.59 Å². The molecule has 0 aliphatic heterocycles. The van der Waals surface area contributed by atoms with Crippen molar-refractivity contribution in [1.29, 1.82) is 0 Å². The number of carboxylic acids is 1. The second-order valence-electron chi connectivity index (χ2n) is 3.02. The van der Waals surface area contributed by atoms with E-state index >= 15 is 0 Å². The molecule has 0 aliphatic rings. The Bertz CT molecular complexity index is 402. The first-order chi connectivity index (χ1) is 6.99. The normalized spacial score (nSPS) is 10.0. The highest BCUT2D eigenvalue weighted by Crippen LogP contribution is 2.21. The molecule has 1 rings (SSSR count). The molecule has 3 nitrogen and oxygen atoms in total. The average molecular weight is 247 g/mol. The molecule has 0 aliphatic carbocycles. The summed E-state index contributed by atoms with van der Waals surface area (Å²) < 4.78 is 0. The number of carbonyl (C=O) groups is 2. The molecule has 0 amide bonds. The summed E-state index contributed by atoms with van der Waals surface area (Å²) in [5.41, 5.74) is 0.590. The third kappa shape index (κ3) is 3.90. The number of rotatable bonds is 4. The number of carbonyl (C=O) groups excluding carboxylic acids is 1. The largest absolute Gasteiger partial charge is 0.481 e. The third-order valence-corrected chi connectivity index (χ3v) is 2.34. The lowest BCUT2D eigenvalue weighted by atomic mass is 10.1. The van der Waals surface area contributed by atoms with Gasteiger partial charge in [-0.15, -0.1) is 0 Å². The number of benzene rings is 1. The van der Waals surface area contributed by atoms with Crippen molar-refractivity contribution >= 4 is 35.0 Å². The molecule has 0 unspecified atom stereocenters. The number of hydrogen-bond acceptors (Lipinski definition) is 2. The number of hydrogen-bond donors (Lipinski definition) is 1. The smallest absolute Gasteiger partial charge is 0.310 e. The number of halogens is 2. The molecule has 15 heavy (non-hydrogen) atoms. The van der Waals surface area contributed by atoms with Crippen LogP contribution in [0.1, 0.15) is 12.0 Å². The lowest BCUT2D eigenvalue weighted by Gasteiger charge is -2.02. The highest BCUT2D eigenvalue weighted by Gasteiger charge is 2.10. The molecule has 1 aromatic carbocycles. The van der Waals surface area contributed by atoms with Gasteiger partial charge in [0, 0.05) is 16.5 Å². The Labute approximate surface area is 96.6 Å². The van der Waals surface area contributed by atoms with E-state index in [4.69, 9.17) is 28.3 Å². The van der Waals surface area contributed by atoms with Gasteiger partial charge in [-0.2, -0.15) is 0 Å². The highest BCUT2D eigenvalue weighted by atomic mass is 35.5. The van der Waals surface area contributed by atoms with Gasteiger partial charge in [0.25, 0.3) is 0 Å². The SMILES string of the molecule is O=C(O)CC(=O)Cc1ccc(Cl)cc1Cl. The Hall–Kier alpha value is -1.06.